The van der Waals surface area contributed by atoms with Crippen molar-refractivity contribution in [3.05, 3.63) is 36.0 Å². The van der Waals surface area contributed by atoms with Crippen LogP contribution < -0.4 is 0 Å². The highest BCUT2D eigenvalue weighted by molar-refractivity contribution is 6.01. The minimum Gasteiger partial charge on any atom is -0.382 e. The molecule has 3 fully saturated rings. The molecule has 0 aromatic rings. The summed E-state index contributed by atoms with van der Waals surface area (Å²) < 4.78 is 0. The lowest BCUT2D eigenvalue weighted by Gasteiger charge is -2.58. The van der Waals surface area contributed by atoms with Crippen molar-refractivity contribution < 1.29 is 14.7 Å². The quantitative estimate of drug-likeness (QED) is 0.790. The average molecular weight is 340 g/mol. The Bertz CT molecular complexity index is 744. The number of rotatable bonds is 1. The van der Waals surface area contributed by atoms with Gasteiger partial charge in [-0.2, -0.15) is 0 Å². The van der Waals surface area contributed by atoms with Gasteiger partial charge in [-0.25, -0.2) is 0 Å². The van der Waals surface area contributed by atoms with E-state index in [2.05, 4.69) is 26.5 Å². The molecule has 0 bridgehead atoms. The molecule has 4 aliphatic carbocycles. The Morgan fingerprint density at radius 1 is 1.24 bits per heavy atom. The second-order valence-electron chi connectivity index (χ2n) is 9.17. The van der Waals surface area contributed by atoms with Gasteiger partial charge in [-0.05, 0) is 74.5 Å². The minimum absolute atomic E-state index is 0.0551. The number of hydrogen-bond donors (Lipinski definition) is 1. The number of hydrogen-bond acceptors (Lipinski definition) is 3. The van der Waals surface area contributed by atoms with E-state index in [1.165, 1.54) is 6.92 Å². The summed E-state index contributed by atoms with van der Waals surface area (Å²) in [6.45, 7) is 10.2. The molecule has 0 aromatic heterocycles. The Morgan fingerprint density at radius 3 is 2.60 bits per heavy atom. The first-order chi connectivity index (χ1) is 11.6. The highest BCUT2D eigenvalue weighted by atomic mass is 16.3. The summed E-state index contributed by atoms with van der Waals surface area (Å²) in [6, 6.07) is 0. The Morgan fingerprint density at radius 2 is 1.92 bits per heavy atom. The lowest BCUT2D eigenvalue weighted by molar-refractivity contribution is -0.157. The van der Waals surface area contributed by atoms with Gasteiger partial charge in [0.2, 0.25) is 0 Å². The van der Waals surface area contributed by atoms with E-state index in [1.54, 1.807) is 12.2 Å². The molecule has 4 aliphatic rings. The van der Waals surface area contributed by atoms with Crippen molar-refractivity contribution in [1.82, 2.24) is 0 Å². The van der Waals surface area contributed by atoms with Crippen molar-refractivity contribution in [2.24, 2.45) is 28.6 Å². The van der Waals surface area contributed by atoms with Gasteiger partial charge >= 0.3 is 0 Å². The molecule has 25 heavy (non-hydrogen) atoms. The fraction of sp³-hybridized carbons (Fsp3) is 0.636. The number of carbonyl (C=O) groups is 2. The van der Waals surface area contributed by atoms with Crippen LogP contribution in [0.3, 0.4) is 0 Å². The first kappa shape index (κ1) is 17.0. The van der Waals surface area contributed by atoms with Gasteiger partial charge in [0.1, 0.15) is 5.60 Å². The predicted molar refractivity (Wildman–Crippen MR) is 96.8 cm³/mol. The zero-order valence-corrected chi connectivity index (χ0v) is 15.5. The molecule has 1 N–H and O–H groups in total. The molecule has 4 rings (SSSR count). The predicted octanol–water partition coefficient (Wildman–Crippen LogP) is 3.78. The van der Waals surface area contributed by atoms with E-state index in [9.17, 15) is 14.7 Å². The summed E-state index contributed by atoms with van der Waals surface area (Å²) in [6.07, 6.45) is 9.76. The smallest absolute Gasteiger partial charge is 0.178 e. The first-order valence-electron chi connectivity index (χ1n) is 9.50. The summed E-state index contributed by atoms with van der Waals surface area (Å²) in [4.78, 5) is 24.1. The molecule has 0 amide bonds. The average Bonchev–Trinajstić information content (AvgIpc) is 2.83. The van der Waals surface area contributed by atoms with Gasteiger partial charge in [0, 0.05) is 10.8 Å². The normalized spacial score (nSPS) is 48.5. The molecular formula is C22H28O3. The zero-order valence-electron chi connectivity index (χ0n) is 15.5. The van der Waals surface area contributed by atoms with E-state index in [0.29, 0.717) is 24.2 Å². The molecule has 0 aromatic carbocycles. The Labute approximate surface area is 149 Å². The number of fused-ring (bicyclic) bond motifs is 5. The summed E-state index contributed by atoms with van der Waals surface area (Å²) in [5, 5.41) is 11.2. The number of aliphatic hydroxyl groups is 1. The van der Waals surface area contributed by atoms with Crippen molar-refractivity contribution in [2.75, 3.05) is 0 Å². The van der Waals surface area contributed by atoms with E-state index >= 15 is 0 Å². The van der Waals surface area contributed by atoms with Crippen LogP contribution in [0.5, 0.6) is 0 Å². The van der Waals surface area contributed by atoms with Crippen molar-refractivity contribution in [3.8, 4) is 0 Å². The maximum absolute atomic E-state index is 12.3. The molecular weight excluding hydrogens is 312 g/mol. The van der Waals surface area contributed by atoms with Gasteiger partial charge in [0.25, 0.3) is 0 Å². The van der Waals surface area contributed by atoms with E-state index in [4.69, 9.17) is 0 Å². The molecule has 0 spiro atoms. The standard InChI is InChI=1S/C22H28O3/c1-13-11-16-17(20(3)8-5-15(24)12-19(13)20)6-9-21(4)18(16)7-10-22(21,25)14(2)23/h5,8,12,16-18,25H,1,6-7,9-11H2,2-4H3/t16-,17+,18+,20-,21+,22+/m1/s1. The third-order valence-corrected chi connectivity index (χ3v) is 8.27. The maximum atomic E-state index is 12.3. The highest BCUT2D eigenvalue weighted by Gasteiger charge is 2.65. The molecule has 3 heteroatoms. The minimum atomic E-state index is -1.18. The monoisotopic (exact) mass is 340 g/mol. The van der Waals surface area contributed by atoms with Crippen LogP contribution in [0.25, 0.3) is 0 Å². The zero-order chi connectivity index (χ0) is 18.2. The van der Waals surface area contributed by atoms with Crippen LogP contribution in [0.1, 0.15) is 52.9 Å². The summed E-state index contributed by atoms with van der Waals surface area (Å²) in [5.41, 5.74) is 0.492. The number of Topliss-reactive ketones (excluding diaryl/α,β-unsaturated/α-hetero) is 1. The van der Waals surface area contributed by atoms with Crippen LogP contribution in [0.4, 0.5) is 0 Å². The van der Waals surface area contributed by atoms with Crippen molar-refractivity contribution >= 4 is 11.6 Å². The van der Waals surface area contributed by atoms with Crippen LogP contribution in [0, 0.1) is 28.6 Å². The van der Waals surface area contributed by atoms with Gasteiger partial charge in [0.15, 0.2) is 11.6 Å². The van der Waals surface area contributed by atoms with Crippen LogP contribution in [-0.2, 0) is 9.59 Å². The second-order valence-corrected chi connectivity index (χ2v) is 9.17. The van der Waals surface area contributed by atoms with Crippen molar-refractivity contribution in [2.45, 2.75) is 58.5 Å². The fourth-order valence-electron chi connectivity index (χ4n) is 6.80. The summed E-state index contributed by atoms with van der Waals surface area (Å²) >= 11 is 0. The lowest BCUT2D eigenvalue weighted by Crippen LogP contribution is -2.56. The van der Waals surface area contributed by atoms with Crippen molar-refractivity contribution in [1.29, 1.82) is 0 Å². The van der Waals surface area contributed by atoms with Crippen LogP contribution in [0.15, 0.2) is 36.0 Å². The highest BCUT2D eigenvalue weighted by Crippen LogP contribution is 2.67. The number of allylic oxidation sites excluding steroid dienone is 5. The Balaban J connectivity index is 1.76. The van der Waals surface area contributed by atoms with E-state index in [-0.39, 0.29) is 22.4 Å². The fourth-order valence-corrected chi connectivity index (χ4v) is 6.80. The van der Waals surface area contributed by atoms with Gasteiger partial charge < -0.3 is 5.11 Å². The summed E-state index contributed by atoms with van der Waals surface area (Å²) in [5.74, 6) is 1.17. The van der Waals surface area contributed by atoms with Crippen LogP contribution >= 0.6 is 0 Å². The van der Waals surface area contributed by atoms with Gasteiger partial charge in [-0.1, -0.05) is 32.1 Å². The number of carbonyl (C=O) groups excluding carboxylic acids is 2. The lowest BCUT2D eigenvalue weighted by atomic mass is 9.46. The molecule has 3 nitrogen and oxygen atoms in total. The van der Waals surface area contributed by atoms with Gasteiger partial charge in [-0.3, -0.25) is 9.59 Å². The van der Waals surface area contributed by atoms with Crippen LogP contribution in [-0.4, -0.2) is 22.3 Å². The maximum Gasteiger partial charge on any atom is 0.178 e. The molecule has 0 unspecified atom stereocenters. The largest absolute Gasteiger partial charge is 0.382 e. The SMILES string of the molecule is C=C1C[C@@H]2[C@H](CC[C@@]3(C)[C@H]2CC[C@]3(O)C(C)=O)[C@@]2(C)C=CC(=O)C=C12. The third-order valence-electron chi connectivity index (χ3n) is 8.27. The van der Waals surface area contributed by atoms with E-state index < -0.39 is 5.60 Å². The van der Waals surface area contributed by atoms with E-state index in [0.717, 1.165) is 36.8 Å². The first-order valence-corrected chi connectivity index (χ1v) is 9.50. The molecule has 0 heterocycles. The van der Waals surface area contributed by atoms with E-state index in [1.807, 2.05) is 0 Å². The molecule has 0 aliphatic heterocycles. The van der Waals surface area contributed by atoms with Crippen LogP contribution in [0.2, 0.25) is 0 Å². The Kier molecular flexibility index (Phi) is 3.41. The van der Waals surface area contributed by atoms with Gasteiger partial charge in [0.05, 0.1) is 0 Å². The molecule has 3 saturated carbocycles. The Hall–Kier alpha value is -1.48. The molecule has 134 valence electrons. The molecule has 0 saturated heterocycles. The summed E-state index contributed by atoms with van der Waals surface area (Å²) in [7, 11) is 0. The van der Waals surface area contributed by atoms with Gasteiger partial charge in [-0.15, -0.1) is 0 Å². The molecule has 6 atom stereocenters. The topological polar surface area (TPSA) is 54.4 Å². The third kappa shape index (κ3) is 1.96. The molecule has 0 radical (unpaired) electrons. The van der Waals surface area contributed by atoms with Crippen molar-refractivity contribution in [3.63, 3.8) is 0 Å². The number of ketones is 2. The second kappa shape index (κ2) is 5.03.